The van der Waals surface area contributed by atoms with Crippen LogP contribution in [0.3, 0.4) is 0 Å². The Hall–Kier alpha value is -2.07. The lowest BCUT2D eigenvalue weighted by molar-refractivity contribution is -0.133. The molecule has 0 radical (unpaired) electrons. The molecule has 0 spiro atoms. The normalized spacial score (nSPS) is 19.5. The lowest BCUT2D eigenvalue weighted by atomic mass is 9.89. The lowest BCUT2D eigenvalue weighted by Gasteiger charge is -2.34. The van der Waals surface area contributed by atoms with Crippen molar-refractivity contribution in [2.75, 3.05) is 26.2 Å². The smallest absolute Gasteiger partial charge is 0.222 e. The van der Waals surface area contributed by atoms with Gasteiger partial charge in [0.25, 0.3) is 0 Å². The molecule has 2 aromatic rings. The van der Waals surface area contributed by atoms with Crippen molar-refractivity contribution in [2.45, 2.75) is 51.5 Å². The number of likely N-dealkylation sites (tertiary alicyclic amines) is 2. The van der Waals surface area contributed by atoms with E-state index in [1.165, 1.54) is 24.0 Å². The maximum atomic E-state index is 12.7. The molecule has 4 rings (SSSR count). The summed E-state index contributed by atoms with van der Waals surface area (Å²) in [6, 6.07) is 12.8. The first-order chi connectivity index (χ1) is 14.3. The van der Waals surface area contributed by atoms with Gasteiger partial charge in [-0.25, -0.2) is 0 Å². The van der Waals surface area contributed by atoms with Gasteiger partial charge in [0.15, 0.2) is 0 Å². The van der Waals surface area contributed by atoms with E-state index in [-0.39, 0.29) is 0 Å². The molecule has 2 saturated heterocycles. The summed E-state index contributed by atoms with van der Waals surface area (Å²) in [5, 5.41) is 0. The molecular weight excluding hydrogens is 360 g/mol. The third kappa shape index (κ3) is 5.96. The highest BCUT2D eigenvalue weighted by atomic mass is 16.3. The number of amides is 1. The van der Waals surface area contributed by atoms with Crippen LogP contribution in [-0.2, 0) is 17.8 Å². The second-order valence-corrected chi connectivity index (χ2v) is 8.90. The number of hydrogen-bond donors (Lipinski definition) is 0. The van der Waals surface area contributed by atoms with Crippen molar-refractivity contribution in [3.05, 3.63) is 60.1 Å². The molecule has 0 N–H and O–H groups in total. The zero-order valence-electron chi connectivity index (χ0n) is 17.5. The minimum Gasteiger partial charge on any atom is -0.472 e. The Kier molecular flexibility index (Phi) is 7.04. The van der Waals surface area contributed by atoms with Gasteiger partial charge < -0.3 is 9.32 Å². The Labute approximate surface area is 174 Å². The maximum Gasteiger partial charge on any atom is 0.222 e. The molecule has 1 aromatic heterocycles. The van der Waals surface area contributed by atoms with Crippen LogP contribution in [0.25, 0.3) is 0 Å². The fourth-order valence-electron chi connectivity index (χ4n) is 4.89. The Morgan fingerprint density at radius 1 is 0.897 bits per heavy atom. The highest BCUT2D eigenvalue weighted by molar-refractivity contribution is 5.76. The Morgan fingerprint density at radius 3 is 2.31 bits per heavy atom. The summed E-state index contributed by atoms with van der Waals surface area (Å²) in [4.78, 5) is 17.3. The van der Waals surface area contributed by atoms with Gasteiger partial charge in [0, 0.05) is 31.6 Å². The van der Waals surface area contributed by atoms with E-state index in [1.54, 1.807) is 6.26 Å². The van der Waals surface area contributed by atoms with Crippen LogP contribution in [0.1, 0.15) is 49.7 Å². The van der Waals surface area contributed by atoms with Gasteiger partial charge in [-0.2, -0.15) is 0 Å². The Balaban J connectivity index is 1.12. The molecule has 4 nitrogen and oxygen atoms in total. The maximum absolute atomic E-state index is 12.7. The van der Waals surface area contributed by atoms with Crippen LogP contribution < -0.4 is 0 Å². The summed E-state index contributed by atoms with van der Waals surface area (Å²) in [6.07, 6.45) is 11.2. The minimum atomic E-state index is 0.379. The minimum absolute atomic E-state index is 0.379. The van der Waals surface area contributed by atoms with Crippen LogP contribution in [0, 0.1) is 11.8 Å². The van der Waals surface area contributed by atoms with Crippen LogP contribution in [0.2, 0.25) is 0 Å². The summed E-state index contributed by atoms with van der Waals surface area (Å²) in [7, 11) is 0. The Morgan fingerprint density at radius 2 is 1.62 bits per heavy atom. The van der Waals surface area contributed by atoms with Crippen LogP contribution in [0.15, 0.2) is 53.3 Å². The second-order valence-electron chi connectivity index (χ2n) is 8.90. The molecule has 156 valence electrons. The molecule has 1 aromatic carbocycles. The van der Waals surface area contributed by atoms with Crippen molar-refractivity contribution in [2.24, 2.45) is 11.8 Å². The summed E-state index contributed by atoms with van der Waals surface area (Å²) in [5.41, 5.74) is 2.69. The number of nitrogens with zero attached hydrogens (tertiary/aromatic N) is 2. The molecule has 3 heterocycles. The molecule has 0 atom stereocenters. The van der Waals surface area contributed by atoms with E-state index in [0.717, 1.165) is 70.7 Å². The third-order valence-corrected chi connectivity index (χ3v) is 6.79. The average Bonchev–Trinajstić information content (AvgIpc) is 3.27. The van der Waals surface area contributed by atoms with Crippen molar-refractivity contribution < 1.29 is 9.21 Å². The van der Waals surface area contributed by atoms with E-state index in [9.17, 15) is 4.79 Å². The van der Waals surface area contributed by atoms with Crippen molar-refractivity contribution >= 4 is 5.91 Å². The van der Waals surface area contributed by atoms with Gasteiger partial charge in [0.1, 0.15) is 0 Å². The van der Waals surface area contributed by atoms with Crippen LogP contribution >= 0.6 is 0 Å². The molecule has 4 heteroatoms. The van der Waals surface area contributed by atoms with Gasteiger partial charge in [-0.1, -0.05) is 30.3 Å². The zero-order chi connectivity index (χ0) is 19.9. The van der Waals surface area contributed by atoms with E-state index < -0.39 is 0 Å². The fraction of sp³-hybridized carbons (Fsp3) is 0.560. The van der Waals surface area contributed by atoms with Gasteiger partial charge in [-0.15, -0.1) is 0 Å². The molecule has 29 heavy (non-hydrogen) atoms. The van der Waals surface area contributed by atoms with Crippen LogP contribution in [0.4, 0.5) is 0 Å². The predicted molar refractivity (Wildman–Crippen MR) is 115 cm³/mol. The van der Waals surface area contributed by atoms with Gasteiger partial charge in [0.2, 0.25) is 5.91 Å². The average molecular weight is 395 g/mol. The van der Waals surface area contributed by atoms with E-state index in [4.69, 9.17) is 4.42 Å². The predicted octanol–water partition coefficient (Wildman–Crippen LogP) is 4.75. The molecule has 1 amide bonds. The molecule has 0 aliphatic carbocycles. The first-order valence-corrected chi connectivity index (χ1v) is 11.3. The lowest BCUT2D eigenvalue weighted by Crippen LogP contribution is -2.39. The number of carbonyl (C=O) groups is 1. The molecule has 0 unspecified atom stereocenters. The van der Waals surface area contributed by atoms with Gasteiger partial charge >= 0.3 is 0 Å². The summed E-state index contributed by atoms with van der Waals surface area (Å²) in [6.45, 7) is 5.14. The monoisotopic (exact) mass is 394 g/mol. The summed E-state index contributed by atoms with van der Waals surface area (Å²) < 4.78 is 5.17. The third-order valence-electron chi connectivity index (χ3n) is 6.79. The molecule has 2 aliphatic rings. The highest BCUT2D eigenvalue weighted by Gasteiger charge is 2.25. The molecule has 2 fully saturated rings. The summed E-state index contributed by atoms with van der Waals surface area (Å²) >= 11 is 0. The largest absolute Gasteiger partial charge is 0.472 e. The van der Waals surface area contributed by atoms with Gasteiger partial charge in [-0.3, -0.25) is 9.69 Å². The number of hydrogen-bond acceptors (Lipinski definition) is 3. The summed E-state index contributed by atoms with van der Waals surface area (Å²) in [5.74, 6) is 1.81. The van der Waals surface area contributed by atoms with Crippen molar-refractivity contribution in [1.29, 1.82) is 0 Å². The first-order valence-electron chi connectivity index (χ1n) is 11.3. The van der Waals surface area contributed by atoms with Crippen molar-refractivity contribution in [1.82, 2.24) is 9.80 Å². The van der Waals surface area contributed by atoms with Crippen molar-refractivity contribution in [3.63, 3.8) is 0 Å². The van der Waals surface area contributed by atoms with Gasteiger partial charge in [0.05, 0.1) is 12.5 Å². The Bertz CT molecular complexity index is 727. The molecule has 0 saturated carbocycles. The second kappa shape index (κ2) is 10.1. The first kappa shape index (κ1) is 20.2. The number of benzene rings is 1. The SMILES string of the molecule is O=C(CCC1CCN(Cc2ccoc2)CC1)N1CCC(Cc2ccccc2)CC1. The fourth-order valence-corrected chi connectivity index (χ4v) is 4.89. The number of piperidine rings is 2. The van der Waals surface area contributed by atoms with E-state index in [2.05, 4.69) is 40.1 Å². The molecular formula is C25H34N2O2. The van der Waals surface area contributed by atoms with Crippen LogP contribution in [-0.4, -0.2) is 41.9 Å². The van der Waals surface area contributed by atoms with Gasteiger partial charge in [-0.05, 0) is 75.1 Å². The molecule has 2 aliphatic heterocycles. The van der Waals surface area contributed by atoms with Crippen LogP contribution in [0.5, 0.6) is 0 Å². The zero-order valence-corrected chi connectivity index (χ0v) is 17.5. The number of carbonyl (C=O) groups excluding carboxylic acids is 1. The topological polar surface area (TPSA) is 36.7 Å². The van der Waals surface area contributed by atoms with E-state index in [1.807, 2.05) is 12.3 Å². The standard InChI is InChI=1S/C25H34N2O2/c28-25(27-15-10-23(11-16-27)18-22-4-2-1-3-5-22)7-6-21-8-13-26(14-9-21)19-24-12-17-29-20-24/h1-5,12,17,20-21,23H,6-11,13-16,18-19H2. The number of rotatable bonds is 7. The van der Waals surface area contributed by atoms with E-state index in [0.29, 0.717) is 11.8 Å². The highest BCUT2D eigenvalue weighted by Crippen LogP contribution is 2.25. The van der Waals surface area contributed by atoms with E-state index >= 15 is 0 Å². The van der Waals surface area contributed by atoms with Crippen molar-refractivity contribution in [3.8, 4) is 0 Å². The number of furan rings is 1. The molecule has 0 bridgehead atoms. The quantitative estimate of drug-likeness (QED) is 0.680.